The van der Waals surface area contributed by atoms with E-state index in [0.717, 1.165) is 37.1 Å². The van der Waals surface area contributed by atoms with Crippen LogP contribution in [0.4, 0.5) is 0 Å². The number of nitrogens with zero attached hydrogens (tertiary/aromatic N) is 2. The molecule has 0 saturated carbocycles. The molecule has 0 radical (unpaired) electrons. The largest absolute Gasteiger partial charge is 0.492 e. The zero-order valence-electron chi connectivity index (χ0n) is 13.2. The van der Waals surface area contributed by atoms with Crippen LogP contribution >= 0.6 is 0 Å². The summed E-state index contributed by atoms with van der Waals surface area (Å²) >= 11 is 0. The third kappa shape index (κ3) is 4.72. The molecule has 0 saturated heterocycles. The van der Waals surface area contributed by atoms with E-state index in [9.17, 15) is 4.79 Å². The topological polar surface area (TPSA) is 42.4 Å². The lowest BCUT2D eigenvalue weighted by molar-refractivity contribution is -0.127. The van der Waals surface area contributed by atoms with Gasteiger partial charge in [0.2, 0.25) is 5.91 Å². The molecule has 22 heavy (non-hydrogen) atoms. The van der Waals surface area contributed by atoms with Gasteiger partial charge in [0.25, 0.3) is 0 Å². The predicted molar refractivity (Wildman–Crippen MR) is 87.5 cm³/mol. The van der Waals surface area contributed by atoms with Crippen LogP contribution in [0.5, 0.6) is 5.75 Å². The first-order valence-electron chi connectivity index (χ1n) is 7.86. The normalized spacial score (nSPS) is 17.0. The van der Waals surface area contributed by atoms with Gasteiger partial charge in [0.05, 0.1) is 12.8 Å². The van der Waals surface area contributed by atoms with Crippen LogP contribution in [0.1, 0.15) is 31.7 Å². The molecule has 2 rings (SSSR count). The number of hydrogen-bond acceptors (Lipinski definition) is 3. The molecule has 0 bridgehead atoms. The molecular weight excluding hydrogens is 276 g/mol. The second-order valence-electron chi connectivity index (χ2n) is 5.54. The number of allylic oxidation sites excluding steroid dienone is 2. The Morgan fingerprint density at radius 2 is 2.36 bits per heavy atom. The van der Waals surface area contributed by atoms with Crippen LogP contribution in [-0.4, -0.2) is 28.9 Å². The molecule has 1 aromatic rings. The molecule has 1 aliphatic carbocycles. The van der Waals surface area contributed by atoms with Crippen molar-refractivity contribution >= 4 is 5.91 Å². The van der Waals surface area contributed by atoms with E-state index in [1.807, 2.05) is 17.9 Å². The van der Waals surface area contributed by atoms with Crippen molar-refractivity contribution in [3.63, 3.8) is 0 Å². The number of pyridine rings is 1. The van der Waals surface area contributed by atoms with Crippen molar-refractivity contribution in [3.8, 4) is 5.75 Å². The molecule has 4 heteroatoms. The molecule has 0 aliphatic heterocycles. The SMILES string of the molecule is C=CC(=O)N(Cc1cncc(OCC)c1)CC1CC=CCC1. The van der Waals surface area contributed by atoms with E-state index in [-0.39, 0.29) is 5.91 Å². The highest BCUT2D eigenvalue weighted by Crippen LogP contribution is 2.21. The van der Waals surface area contributed by atoms with E-state index in [0.29, 0.717) is 19.1 Å². The third-order valence-electron chi connectivity index (χ3n) is 3.80. The van der Waals surface area contributed by atoms with Gasteiger partial charge in [-0.1, -0.05) is 18.7 Å². The van der Waals surface area contributed by atoms with Gasteiger partial charge in [-0.05, 0) is 49.8 Å². The number of rotatable bonds is 7. The van der Waals surface area contributed by atoms with Crippen LogP contribution in [-0.2, 0) is 11.3 Å². The van der Waals surface area contributed by atoms with E-state index < -0.39 is 0 Å². The summed E-state index contributed by atoms with van der Waals surface area (Å²) in [5.74, 6) is 1.24. The maximum atomic E-state index is 12.1. The van der Waals surface area contributed by atoms with Gasteiger partial charge in [-0.15, -0.1) is 0 Å². The fourth-order valence-electron chi connectivity index (χ4n) is 2.71. The highest BCUT2D eigenvalue weighted by Gasteiger charge is 2.18. The molecule has 1 atom stereocenters. The van der Waals surface area contributed by atoms with Gasteiger partial charge in [0.1, 0.15) is 5.75 Å². The first-order valence-corrected chi connectivity index (χ1v) is 7.86. The quantitative estimate of drug-likeness (QED) is 0.573. The van der Waals surface area contributed by atoms with Crippen molar-refractivity contribution in [1.29, 1.82) is 0 Å². The van der Waals surface area contributed by atoms with E-state index in [1.54, 1.807) is 12.4 Å². The number of hydrogen-bond donors (Lipinski definition) is 0. The van der Waals surface area contributed by atoms with Gasteiger partial charge in [-0.25, -0.2) is 0 Å². The number of carbonyl (C=O) groups is 1. The maximum Gasteiger partial charge on any atom is 0.246 e. The Kier molecular flexibility index (Phi) is 6.19. The van der Waals surface area contributed by atoms with Crippen molar-refractivity contribution < 1.29 is 9.53 Å². The average Bonchev–Trinajstić information content (AvgIpc) is 2.55. The summed E-state index contributed by atoms with van der Waals surface area (Å²) in [7, 11) is 0. The summed E-state index contributed by atoms with van der Waals surface area (Å²) in [5.41, 5.74) is 0.979. The Hall–Kier alpha value is -2.10. The first kappa shape index (κ1) is 16.3. The minimum Gasteiger partial charge on any atom is -0.492 e. The lowest BCUT2D eigenvalue weighted by Crippen LogP contribution is -2.34. The Bertz CT molecular complexity index is 540. The lowest BCUT2D eigenvalue weighted by Gasteiger charge is -2.27. The summed E-state index contributed by atoms with van der Waals surface area (Å²) < 4.78 is 5.47. The molecule has 1 aliphatic rings. The van der Waals surface area contributed by atoms with Gasteiger partial charge in [-0.2, -0.15) is 0 Å². The van der Waals surface area contributed by atoms with Crippen molar-refractivity contribution in [3.05, 3.63) is 48.8 Å². The number of ether oxygens (including phenoxy) is 1. The summed E-state index contributed by atoms with van der Waals surface area (Å²) in [4.78, 5) is 18.2. The zero-order chi connectivity index (χ0) is 15.8. The predicted octanol–water partition coefficient (Wildman–Crippen LogP) is 3.35. The second kappa shape index (κ2) is 8.37. The van der Waals surface area contributed by atoms with Gasteiger partial charge in [0, 0.05) is 19.3 Å². The van der Waals surface area contributed by atoms with Crippen LogP contribution in [0.15, 0.2) is 43.3 Å². The Labute approximate surface area is 132 Å². The monoisotopic (exact) mass is 300 g/mol. The van der Waals surface area contributed by atoms with Crippen molar-refractivity contribution in [2.24, 2.45) is 5.92 Å². The summed E-state index contributed by atoms with van der Waals surface area (Å²) in [6.07, 6.45) is 12.6. The van der Waals surface area contributed by atoms with Gasteiger partial charge in [0.15, 0.2) is 0 Å². The molecular formula is C18H24N2O2. The van der Waals surface area contributed by atoms with Crippen molar-refractivity contribution in [1.82, 2.24) is 9.88 Å². The Morgan fingerprint density at radius 1 is 1.50 bits per heavy atom. The molecule has 118 valence electrons. The minimum absolute atomic E-state index is 0.0311. The third-order valence-corrected chi connectivity index (χ3v) is 3.80. The molecule has 0 spiro atoms. The first-order chi connectivity index (χ1) is 10.7. The molecule has 1 amide bonds. The molecule has 0 aromatic carbocycles. The Balaban J connectivity index is 2.05. The summed E-state index contributed by atoms with van der Waals surface area (Å²) in [6.45, 7) is 7.46. The second-order valence-corrected chi connectivity index (χ2v) is 5.54. The fraction of sp³-hybridized carbons (Fsp3) is 0.444. The van der Waals surface area contributed by atoms with E-state index in [2.05, 4.69) is 23.7 Å². The van der Waals surface area contributed by atoms with Gasteiger partial charge >= 0.3 is 0 Å². The number of amides is 1. The average molecular weight is 300 g/mol. The summed E-state index contributed by atoms with van der Waals surface area (Å²) in [6, 6.07) is 1.95. The molecule has 0 N–H and O–H groups in total. The zero-order valence-corrected chi connectivity index (χ0v) is 13.2. The summed E-state index contributed by atoms with van der Waals surface area (Å²) in [5, 5.41) is 0. The van der Waals surface area contributed by atoms with E-state index >= 15 is 0 Å². The lowest BCUT2D eigenvalue weighted by atomic mass is 9.94. The Morgan fingerprint density at radius 3 is 3.05 bits per heavy atom. The van der Waals surface area contributed by atoms with Crippen molar-refractivity contribution in [2.75, 3.05) is 13.2 Å². The smallest absolute Gasteiger partial charge is 0.246 e. The highest BCUT2D eigenvalue weighted by atomic mass is 16.5. The molecule has 0 fully saturated rings. The van der Waals surface area contributed by atoms with E-state index in [4.69, 9.17) is 4.74 Å². The van der Waals surface area contributed by atoms with Crippen LogP contribution in [0.2, 0.25) is 0 Å². The van der Waals surface area contributed by atoms with Crippen LogP contribution < -0.4 is 4.74 Å². The highest BCUT2D eigenvalue weighted by molar-refractivity contribution is 5.87. The minimum atomic E-state index is -0.0311. The maximum absolute atomic E-state index is 12.1. The number of aromatic nitrogens is 1. The fourth-order valence-corrected chi connectivity index (χ4v) is 2.71. The van der Waals surface area contributed by atoms with Crippen LogP contribution in [0, 0.1) is 5.92 Å². The van der Waals surface area contributed by atoms with Crippen LogP contribution in [0.3, 0.4) is 0 Å². The standard InChI is InChI=1S/C18H24N2O2/c1-3-18(21)20(13-15-8-6-5-7-9-15)14-16-10-17(22-4-2)12-19-11-16/h3,5-6,10-12,15H,1,4,7-9,13-14H2,2H3. The molecule has 1 unspecified atom stereocenters. The number of carbonyl (C=O) groups excluding carboxylic acids is 1. The molecule has 1 aromatic heterocycles. The molecule has 4 nitrogen and oxygen atoms in total. The molecule has 1 heterocycles. The van der Waals surface area contributed by atoms with Gasteiger partial charge < -0.3 is 9.64 Å². The van der Waals surface area contributed by atoms with Crippen LogP contribution in [0.25, 0.3) is 0 Å². The van der Waals surface area contributed by atoms with Crippen molar-refractivity contribution in [2.45, 2.75) is 32.7 Å². The van der Waals surface area contributed by atoms with E-state index in [1.165, 1.54) is 6.08 Å². The van der Waals surface area contributed by atoms with Gasteiger partial charge in [-0.3, -0.25) is 9.78 Å².